The summed E-state index contributed by atoms with van der Waals surface area (Å²) in [5.74, 6) is 2.50. The van der Waals surface area contributed by atoms with Gasteiger partial charge in [0.05, 0.1) is 0 Å². The topological polar surface area (TPSA) is 66.0 Å². The standard InChI is InChI=1S/C15H21BrN4O/c1-4-12(17)7-11-8-13(5-6-14(11)16)21-9-15-19-18-10(2)20(15)3/h5-6,8,12H,4,7,9,17H2,1-3H3. The molecular formula is C15H21BrN4O. The average molecular weight is 353 g/mol. The molecule has 21 heavy (non-hydrogen) atoms. The lowest BCUT2D eigenvalue weighted by Gasteiger charge is -2.13. The second-order valence-electron chi connectivity index (χ2n) is 5.14. The lowest BCUT2D eigenvalue weighted by atomic mass is 10.0. The monoisotopic (exact) mass is 352 g/mol. The summed E-state index contributed by atoms with van der Waals surface area (Å²) in [4.78, 5) is 0. The molecular weight excluding hydrogens is 332 g/mol. The number of nitrogens with zero attached hydrogens (tertiary/aromatic N) is 3. The molecule has 0 fully saturated rings. The number of nitrogens with two attached hydrogens (primary N) is 1. The van der Waals surface area contributed by atoms with Crippen molar-refractivity contribution in [2.45, 2.75) is 39.3 Å². The third-order valence-electron chi connectivity index (χ3n) is 3.57. The fraction of sp³-hybridized carbons (Fsp3) is 0.467. The molecule has 0 aliphatic rings. The summed E-state index contributed by atoms with van der Waals surface area (Å²) in [6, 6.07) is 6.13. The highest BCUT2D eigenvalue weighted by molar-refractivity contribution is 9.10. The number of hydrogen-bond donors (Lipinski definition) is 1. The Labute approximate surface area is 133 Å². The summed E-state index contributed by atoms with van der Waals surface area (Å²) in [7, 11) is 1.93. The van der Waals surface area contributed by atoms with E-state index in [-0.39, 0.29) is 6.04 Å². The molecule has 1 heterocycles. The molecule has 2 rings (SSSR count). The fourth-order valence-electron chi connectivity index (χ4n) is 1.95. The van der Waals surface area contributed by atoms with E-state index < -0.39 is 0 Å². The third-order valence-corrected chi connectivity index (χ3v) is 4.35. The van der Waals surface area contributed by atoms with Crippen molar-refractivity contribution in [2.24, 2.45) is 12.8 Å². The van der Waals surface area contributed by atoms with Crippen LogP contribution in [0.2, 0.25) is 0 Å². The van der Waals surface area contributed by atoms with E-state index in [4.69, 9.17) is 10.5 Å². The first-order valence-electron chi connectivity index (χ1n) is 7.03. The molecule has 2 aromatic rings. The normalized spacial score (nSPS) is 12.4. The lowest BCUT2D eigenvalue weighted by molar-refractivity contribution is 0.290. The van der Waals surface area contributed by atoms with E-state index in [0.717, 1.165) is 40.3 Å². The second kappa shape index (κ2) is 7.04. The molecule has 0 saturated carbocycles. The van der Waals surface area contributed by atoms with E-state index in [9.17, 15) is 0 Å². The zero-order valence-electron chi connectivity index (χ0n) is 12.6. The SMILES string of the molecule is CCC(N)Cc1cc(OCc2nnc(C)n2C)ccc1Br. The maximum atomic E-state index is 6.03. The fourth-order valence-corrected chi connectivity index (χ4v) is 2.36. The summed E-state index contributed by atoms with van der Waals surface area (Å²) in [6.07, 6.45) is 1.78. The van der Waals surface area contributed by atoms with E-state index in [0.29, 0.717) is 6.61 Å². The van der Waals surface area contributed by atoms with Crippen LogP contribution >= 0.6 is 15.9 Å². The van der Waals surface area contributed by atoms with Crippen molar-refractivity contribution < 1.29 is 4.74 Å². The van der Waals surface area contributed by atoms with Gasteiger partial charge in [0.2, 0.25) is 0 Å². The van der Waals surface area contributed by atoms with Crippen LogP contribution in [0.15, 0.2) is 22.7 Å². The Balaban J connectivity index is 2.07. The van der Waals surface area contributed by atoms with Gasteiger partial charge in [-0.1, -0.05) is 22.9 Å². The first kappa shape index (κ1) is 16.0. The van der Waals surface area contributed by atoms with Crippen LogP contribution in [-0.2, 0) is 20.1 Å². The van der Waals surface area contributed by atoms with E-state index in [1.54, 1.807) is 0 Å². The lowest BCUT2D eigenvalue weighted by Crippen LogP contribution is -2.21. The Morgan fingerprint density at radius 3 is 2.76 bits per heavy atom. The molecule has 1 aromatic carbocycles. The molecule has 114 valence electrons. The molecule has 2 N–H and O–H groups in total. The Hall–Kier alpha value is -1.40. The van der Waals surface area contributed by atoms with Gasteiger partial charge in [0.25, 0.3) is 0 Å². The molecule has 1 atom stereocenters. The highest BCUT2D eigenvalue weighted by atomic mass is 79.9. The van der Waals surface area contributed by atoms with Gasteiger partial charge in [-0.2, -0.15) is 0 Å². The molecule has 0 saturated heterocycles. The van der Waals surface area contributed by atoms with Crippen LogP contribution in [-0.4, -0.2) is 20.8 Å². The van der Waals surface area contributed by atoms with Crippen molar-refractivity contribution in [3.05, 3.63) is 39.9 Å². The van der Waals surface area contributed by atoms with Crippen LogP contribution in [0.4, 0.5) is 0 Å². The van der Waals surface area contributed by atoms with Gasteiger partial charge in [-0.25, -0.2) is 0 Å². The Kier molecular flexibility index (Phi) is 5.36. The van der Waals surface area contributed by atoms with E-state index in [2.05, 4.69) is 33.1 Å². The van der Waals surface area contributed by atoms with Crippen LogP contribution < -0.4 is 10.5 Å². The molecule has 1 unspecified atom stereocenters. The molecule has 0 spiro atoms. The summed E-state index contributed by atoms with van der Waals surface area (Å²) in [6.45, 7) is 4.41. The van der Waals surface area contributed by atoms with Gasteiger partial charge in [0.15, 0.2) is 5.82 Å². The number of rotatable bonds is 6. The minimum atomic E-state index is 0.165. The molecule has 0 bridgehead atoms. The minimum Gasteiger partial charge on any atom is -0.486 e. The largest absolute Gasteiger partial charge is 0.486 e. The van der Waals surface area contributed by atoms with Gasteiger partial charge in [-0.15, -0.1) is 10.2 Å². The van der Waals surface area contributed by atoms with Crippen molar-refractivity contribution in [1.82, 2.24) is 14.8 Å². The second-order valence-corrected chi connectivity index (χ2v) is 5.99. The maximum Gasteiger partial charge on any atom is 0.170 e. The van der Waals surface area contributed by atoms with Gasteiger partial charge in [-0.3, -0.25) is 0 Å². The quantitative estimate of drug-likeness (QED) is 0.867. The summed E-state index contributed by atoms with van der Waals surface area (Å²) in [5.41, 5.74) is 7.19. The summed E-state index contributed by atoms with van der Waals surface area (Å²) in [5, 5.41) is 8.11. The summed E-state index contributed by atoms with van der Waals surface area (Å²) < 4.78 is 8.80. The number of ether oxygens (including phenoxy) is 1. The number of hydrogen-bond acceptors (Lipinski definition) is 4. The van der Waals surface area contributed by atoms with Crippen LogP contribution in [0.25, 0.3) is 0 Å². The summed E-state index contributed by atoms with van der Waals surface area (Å²) >= 11 is 3.56. The zero-order chi connectivity index (χ0) is 15.4. The third kappa shape index (κ3) is 4.04. The molecule has 0 aliphatic heterocycles. The van der Waals surface area contributed by atoms with Gasteiger partial charge < -0.3 is 15.0 Å². The van der Waals surface area contributed by atoms with E-state index >= 15 is 0 Å². The van der Waals surface area contributed by atoms with Gasteiger partial charge in [0, 0.05) is 17.6 Å². The van der Waals surface area contributed by atoms with Crippen molar-refractivity contribution in [3.63, 3.8) is 0 Å². The maximum absolute atomic E-state index is 6.03. The Bertz CT molecular complexity index is 612. The average Bonchev–Trinajstić information content (AvgIpc) is 2.79. The van der Waals surface area contributed by atoms with E-state index in [1.165, 1.54) is 0 Å². The van der Waals surface area contributed by atoms with Crippen molar-refractivity contribution in [2.75, 3.05) is 0 Å². The van der Waals surface area contributed by atoms with Crippen molar-refractivity contribution >= 4 is 15.9 Å². The zero-order valence-corrected chi connectivity index (χ0v) is 14.2. The van der Waals surface area contributed by atoms with Gasteiger partial charge in [-0.05, 0) is 43.5 Å². The molecule has 5 nitrogen and oxygen atoms in total. The van der Waals surface area contributed by atoms with Crippen LogP contribution in [0.1, 0.15) is 30.6 Å². The molecule has 6 heteroatoms. The Morgan fingerprint density at radius 2 is 2.14 bits per heavy atom. The number of benzene rings is 1. The van der Waals surface area contributed by atoms with Crippen molar-refractivity contribution in [1.29, 1.82) is 0 Å². The first-order valence-corrected chi connectivity index (χ1v) is 7.82. The predicted octanol–water partition coefficient (Wildman–Crippen LogP) is 2.74. The van der Waals surface area contributed by atoms with Gasteiger partial charge in [0.1, 0.15) is 18.2 Å². The van der Waals surface area contributed by atoms with Crippen LogP contribution in [0.3, 0.4) is 0 Å². The molecule has 0 amide bonds. The Morgan fingerprint density at radius 1 is 1.38 bits per heavy atom. The molecule has 1 aromatic heterocycles. The van der Waals surface area contributed by atoms with Crippen LogP contribution in [0.5, 0.6) is 5.75 Å². The first-order chi connectivity index (χ1) is 10.0. The molecule has 0 aliphatic carbocycles. The number of halogens is 1. The molecule has 0 radical (unpaired) electrons. The van der Waals surface area contributed by atoms with E-state index in [1.807, 2.05) is 36.7 Å². The highest BCUT2D eigenvalue weighted by Gasteiger charge is 2.09. The smallest absolute Gasteiger partial charge is 0.170 e. The van der Waals surface area contributed by atoms with Crippen molar-refractivity contribution in [3.8, 4) is 5.75 Å². The highest BCUT2D eigenvalue weighted by Crippen LogP contribution is 2.24. The van der Waals surface area contributed by atoms with Gasteiger partial charge >= 0.3 is 0 Å². The number of aromatic nitrogens is 3. The van der Waals surface area contributed by atoms with Crippen LogP contribution in [0, 0.1) is 6.92 Å². The predicted molar refractivity (Wildman–Crippen MR) is 86.2 cm³/mol. The number of aryl methyl sites for hydroxylation is 1. The minimum absolute atomic E-state index is 0.165.